The second-order valence-corrected chi connectivity index (χ2v) is 8.45. The molecule has 0 amide bonds. The lowest BCUT2D eigenvalue weighted by molar-refractivity contribution is 0.0734. The number of nitrogens with zero attached hydrogens (tertiary/aromatic N) is 2. The van der Waals surface area contributed by atoms with Crippen LogP contribution in [0.3, 0.4) is 0 Å². The van der Waals surface area contributed by atoms with Crippen LogP contribution in [-0.4, -0.2) is 56.8 Å². The van der Waals surface area contributed by atoms with Gasteiger partial charge in [0.25, 0.3) is 0 Å². The smallest absolute Gasteiger partial charge is 0.343 e. The van der Waals surface area contributed by atoms with Gasteiger partial charge in [-0.25, -0.2) is 13.2 Å². The Morgan fingerprint density at radius 3 is 2.35 bits per heavy atom. The van der Waals surface area contributed by atoms with E-state index in [1.165, 1.54) is 22.5 Å². The molecular formula is C18H19ClN2O4S. The maximum atomic E-state index is 12.8. The minimum absolute atomic E-state index is 0.0904. The lowest BCUT2D eigenvalue weighted by Gasteiger charge is -2.31. The summed E-state index contributed by atoms with van der Waals surface area (Å²) in [5.41, 5.74) is 0.176. The third-order valence-corrected chi connectivity index (χ3v) is 6.34. The van der Waals surface area contributed by atoms with Crippen LogP contribution in [0.1, 0.15) is 10.4 Å². The van der Waals surface area contributed by atoms with E-state index in [9.17, 15) is 13.2 Å². The van der Waals surface area contributed by atoms with E-state index in [2.05, 4.69) is 4.90 Å². The van der Waals surface area contributed by atoms with Crippen LogP contribution in [0.15, 0.2) is 53.4 Å². The van der Waals surface area contributed by atoms with Crippen LogP contribution in [0.2, 0.25) is 5.02 Å². The molecule has 138 valence electrons. The van der Waals surface area contributed by atoms with Crippen LogP contribution in [0.5, 0.6) is 5.75 Å². The molecule has 3 rings (SSSR count). The molecule has 1 fully saturated rings. The Kier molecular flexibility index (Phi) is 5.62. The number of halogens is 1. The Morgan fingerprint density at radius 2 is 1.69 bits per heavy atom. The van der Waals surface area contributed by atoms with Crippen molar-refractivity contribution in [2.45, 2.75) is 4.90 Å². The summed E-state index contributed by atoms with van der Waals surface area (Å²) in [6.07, 6.45) is 0. The first kappa shape index (κ1) is 18.8. The molecule has 0 spiro atoms. The van der Waals surface area contributed by atoms with E-state index in [4.69, 9.17) is 16.3 Å². The summed E-state index contributed by atoms with van der Waals surface area (Å²) in [5.74, 6) is -0.283. The number of rotatable bonds is 4. The molecule has 0 aliphatic carbocycles. The minimum atomic E-state index is -3.64. The number of carbonyl (C=O) groups is 1. The molecule has 0 radical (unpaired) electrons. The fourth-order valence-corrected chi connectivity index (χ4v) is 4.22. The summed E-state index contributed by atoms with van der Waals surface area (Å²) in [6, 6.07) is 12.3. The van der Waals surface area contributed by atoms with Crippen molar-refractivity contribution in [2.24, 2.45) is 0 Å². The standard InChI is InChI=1S/C18H19ClN2O4S/c1-20-9-11-21(12-10-20)26(23,24)17-4-2-3-14(13-17)18(22)25-16-7-5-15(19)6-8-16/h2-8,13H,9-12H2,1H3. The molecule has 0 bridgehead atoms. The number of benzene rings is 2. The molecule has 0 aromatic heterocycles. The zero-order valence-corrected chi connectivity index (χ0v) is 15.8. The van der Waals surface area contributed by atoms with Gasteiger partial charge in [0.15, 0.2) is 0 Å². The number of esters is 1. The first-order valence-electron chi connectivity index (χ1n) is 8.13. The lowest BCUT2D eigenvalue weighted by Crippen LogP contribution is -2.47. The first-order valence-corrected chi connectivity index (χ1v) is 9.94. The van der Waals surface area contributed by atoms with Crippen LogP contribution < -0.4 is 4.74 Å². The SMILES string of the molecule is CN1CCN(S(=O)(=O)c2cccc(C(=O)Oc3ccc(Cl)cc3)c2)CC1. The summed E-state index contributed by atoms with van der Waals surface area (Å²) in [7, 11) is -1.68. The molecule has 2 aromatic carbocycles. The van der Waals surface area contributed by atoms with Gasteiger partial charge in [0.2, 0.25) is 10.0 Å². The van der Waals surface area contributed by atoms with Gasteiger partial charge in [0.05, 0.1) is 10.5 Å². The average molecular weight is 395 g/mol. The van der Waals surface area contributed by atoms with E-state index in [-0.39, 0.29) is 10.5 Å². The normalized spacial score (nSPS) is 16.4. The molecule has 0 N–H and O–H groups in total. The van der Waals surface area contributed by atoms with Crippen LogP contribution in [0.4, 0.5) is 0 Å². The van der Waals surface area contributed by atoms with Gasteiger partial charge in [0.1, 0.15) is 5.75 Å². The predicted molar refractivity (Wildman–Crippen MR) is 99.1 cm³/mol. The van der Waals surface area contributed by atoms with Crippen molar-refractivity contribution in [2.75, 3.05) is 33.2 Å². The van der Waals surface area contributed by atoms with Gasteiger partial charge in [-0.2, -0.15) is 4.31 Å². The van der Waals surface area contributed by atoms with E-state index in [0.29, 0.717) is 37.0 Å². The summed E-state index contributed by atoms with van der Waals surface area (Å²) >= 11 is 5.80. The second kappa shape index (κ2) is 7.75. The topological polar surface area (TPSA) is 66.9 Å². The largest absolute Gasteiger partial charge is 0.423 e. The third kappa shape index (κ3) is 4.24. The van der Waals surface area contributed by atoms with Crippen LogP contribution in [-0.2, 0) is 10.0 Å². The summed E-state index contributed by atoms with van der Waals surface area (Å²) in [4.78, 5) is 14.5. The number of ether oxygens (including phenoxy) is 1. The van der Waals surface area contributed by atoms with E-state index in [1.54, 1.807) is 30.3 Å². The van der Waals surface area contributed by atoms with E-state index in [0.717, 1.165) is 0 Å². The van der Waals surface area contributed by atoms with Gasteiger partial charge in [-0.3, -0.25) is 0 Å². The highest BCUT2D eigenvalue weighted by molar-refractivity contribution is 7.89. The fourth-order valence-electron chi connectivity index (χ4n) is 2.63. The Labute approximate surface area is 158 Å². The van der Waals surface area contributed by atoms with Gasteiger partial charge in [-0.15, -0.1) is 0 Å². The molecule has 1 aliphatic rings. The summed E-state index contributed by atoms with van der Waals surface area (Å²) in [5, 5.41) is 0.532. The molecule has 1 heterocycles. The molecule has 0 saturated carbocycles. The maximum absolute atomic E-state index is 12.8. The first-order chi connectivity index (χ1) is 12.4. The van der Waals surface area contributed by atoms with E-state index in [1.807, 2.05) is 7.05 Å². The third-order valence-electron chi connectivity index (χ3n) is 4.19. The molecule has 1 aliphatic heterocycles. The van der Waals surface area contributed by atoms with Crippen molar-refractivity contribution in [1.82, 2.24) is 9.21 Å². The van der Waals surface area contributed by atoms with Gasteiger partial charge in [-0.05, 0) is 49.5 Å². The second-order valence-electron chi connectivity index (χ2n) is 6.08. The Hall–Kier alpha value is -1.93. The molecule has 1 saturated heterocycles. The van der Waals surface area contributed by atoms with Crippen molar-refractivity contribution in [3.63, 3.8) is 0 Å². The predicted octanol–water partition coefficient (Wildman–Crippen LogP) is 2.50. The van der Waals surface area contributed by atoms with Crippen molar-refractivity contribution in [3.05, 3.63) is 59.1 Å². The molecule has 26 heavy (non-hydrogen) atoms. The average Bonchev–Trinajstić information content (AvgIpc) is 2.64. The molecule has 6 nitrogen and oxygen atoms in total. The minimum Gasteiger partial charge on any atom is -0.423 e. The van der Waals surface area contributed by atoms with Gasteiger partial charge >= 0.3 is 5.97 Å². The monoisotopic (exact) mass is 394 g/mol. The number of carbonyl (C=O) groups excluding carboxylic acids is 1. The highest BCUT2D eigenvalue weighted by atomic mass is 35.5. The van der Waals surface area contributed by atoms with Crippen LogP contribution in [0, 0.1) is 0 Å². The lowest BCUT2D eigenvalue weighted by atomic mass is 10.2. The molecule has 0 unspecified atom stereocenters. The Bertz CT molecular complexity index is 892. The highest BCUT2D eigenvalue weighted by Crippen LogP contribution is 2.21. The van der Waals surface area contributed by atoms with Crippen molar-refractivity contribution < 1.29 is 17.9 Å². The van der Waals surface area contributed by atoms with Crippen LogP contribution in [0.25, 0.3) is 0 Å². The zero-order chi connectivity index (χ0) is 18.7. The summed E-state index contributed by atoms with van der Waals surface area (Å²) < 4.78 is 32.3. The van der Waals surface area contributed by atoms with Crippen LogP contribution >= 0.6 is 11.6 Å². The highest BCUT2D eigenvalue weighted by Gasteiger charge is 2.28. The molecule has 0 atom stereocenters. The molecule has 8 heteroatoms. The number of likely N-dealkylation sites (N-methyl/N-ethyl adjacent to an activating group) is 1. The molecular weight excluding hydrogens is 376 g/mol. The Morgan fingerprint density at radius 1 is 1.04 bits per heavy atom. The van der Waals surface area contributed by atoms with Crippen molar-refractivity contribution in [3.8, 4) is 5.75 Å². The quantitative estimate of drug-likeness (QED) is 0.588. The molecule has 2 aromatic rings. The van der Waals surface area contributed by atoms with E-state index >= 15 is 0 Å². The number of piperazine rings is 1. The maximum Gasteiger partial charge on any atom is 0.343 e. The number of hydrogen-bond acceptors (Lipinski definition) is 5. The van der Waals surface area contributed by atoms with E-state index < -0.39 is 16.0 Å². The van der Waals surface area contributed by atoms with Gasteiger partial charge in [0, 0.05) is 31.2 Å². The van der Waals surface area contributed by atoms with Crippen molar-refractivity contribution >= 4 is 27.6 Å². The Balaban J connectivity index is 1.79. The fraction of sp³-hybridized carbons (Fsp3) is 0.278. The van der Waals surface area contributed by atoms with Crippen molar-refractivity contribution in [1.29, 1.82) is 0 Å². The number of sulfonamides is 1. The van der Waals surface area contributed by atoms with Gasteiger partial charge in [-0.1, -0.05) is 17.7 Å². The van der Waals surface area contributed by atoms with Gasteiger partial charge < -0.3 is 9.64 Å². The number of hydrogen-bond donors (Lipinski definition) is 0. The summed E-state index contributed by atoms with van der Waals surface area (Å²) in [6.45, 7) is 2.21. The zero-order valence-electron chi connectivity index (χ0n) is 14.3.